The zero-order valence-electron chi connectivity index (χ0n) is 15.8. The van der Waals surface area contributed by atoms with E-state index in [-0.39, 0.29) is 5.91 Å². The lowest BCUT2D eigenvalue weighted by Crippen LogP contribution is -2.37. The third-order valence-corrected chi connectivity index (χ3v) is 5.00. The van der Waals surface area contributed by atoms with Crippen LogP contribution in [0.4, 0.5) is 0 Å². The number of carbonyl (C=O) groups excluding carboxylic acids is 1. The maximum absolute atomic E-state index is 12.4. The van der Waals surface area contributed by atoms with Crippen molar-refractivity contribution in [3.63, 3.8) is 0 Å². The van der Waals surface area contributed by atoms with Crippen molar-refractivity contribution in [3.05, 3.63) is 36.4 Å². The Bertz CT molecular complexity index is 718. The van der Waals surface area contributed by atoms with Gasteiger partial charge >= 0.3 is 0 Å². The second kappa shape index (κ2) is 8.42. The van der Waals surface area contributed by atoms with Crippen molar-refractivity contribution < 1.29 is 9.32 Å². The standard InChI is InChI=1S/C19H27N5O2/c1-22-9-6-16(13-22)23(2)10-7-19(25)24(3)14-17-11-18(21-26-17)15-5-4-8-20-12-15/h4-5,8,11-12,16H,6-7,9-10,13-14H2,1-3H3. The number of hydrogen-bond acceptors (Lipinski definition) is 6. The summed E-state index contributed by atoms with van der Waals surface area (Å²) in [5, 5.41) is 4.07. The van der Waals surface area contributed by atoms with Gasteiger partial charge < -0.3 is 19.2 Å². The maximum Gasteiger partial charge on any atom is 0.224 e. The molecule has 2 aromatic heterocycles. The molecular weight excluding hydrogens is 330 g/mol. The highest BCUT2D eigenvalue weighted by Gasteiger charge is 2.23. The molecule has 0 aliphatic carbocycles. The fourth-order valence-corrected chi connectivity index (χ4v) is 3.28. The minimum Gasteiger partial charge on any atom is -0.359 e. The van der Waals surface area contributed by atoms with Crippen LogP contribution in [0, 0.1) is 0 Å². The van der Waals surface area contributed by atoms with Crippen molar-refractivity contribution in [2.75, 3.05) is 40.8 Å². The summed E-state index contributed by atoms with van der Waals surface area (Å²) >= 11 is 0. The van der Waals surface area contributed by atoms with Gasteiger partial charge in [0.25, 0.3) is 0 Å². The van der Waals surface area contributed by atoms with Crippen molar-refractivity contribution in [1.29, 1.82) is 0 Å². The smallest absolute Gasteiger partial charge is 0.224 e. The Morgan fingerprint density at radius 2 is 2.27 bits per heavy atom. The van der Waals surface area contributed by atoms with Gasteiger partial charge in [-0.2, -0.15) is 0 Å². The summed E-state index contributed by atoms with van der Waals surface area (Å²) in [6.07, 6.45) is 5.15. The first-order valence-electron chi connectivity index (χ1n) is 9.01. The third kappa shape index (κ3) is 4.68. The minimum atomic E-state index is 0.113. The van der Waals surface area contributed by atoms with Crippen molar-refractivity contribution in [1.82, 2.24) is 24.8 Å². The van der Waals surface area contributed by atoms with Crippen LogP contribution in [-0.2, 0) is 11.3 Å². The van der Waals surface area contributed by atoms with Gasteiger partial charge in [-0.3, -0.25) is 9.78 Å². The van der Waals surface area contributed by atoms with Crippen LogP contribution in [-0.4, -0.2) is 77.6 Å². The Balaban J connectivity index is 1.48. The van der Waals surface area contributed by atoms with Crippen LogP contribution >= 0.6 is 0 Å². The van der Waals surface area contributed by atoms with Gasteiger partial charge in [0.05, 0.1) is 6.54 Å². The number of rotatable bonds is 7. The largest absolute Gasteiger partial charge is 0.359 e. The average molecular weight is 357 g/mol. The summed E-state index contributed by atoms with van der Waals surface area (Å²) in [5.74, 6) is 0.785. The second-order valence-electron chi connectivity index (χ2n) is 7.11. The second-order valence-corrected chi connectivity index (χ2v) is 7.11. The first kappa shape index (κ1) is 18.5. The molecule has 2 aromatic rings. The first-order valence-corrected chi connectivity index (χ1v) is 9.01. The van der Waals surface area contributed by atoms with Crippen LogP contribution in [0.2, 0.25) is 0 Å². The fraction of sp³-hybridized carbons (Fsp3) is 0.526. The first-order chi connectivity index (χ1) is 12.5. The van der Waals surface area contributed by atoms with Crippen LogP contribution in [0.3, 0.4) is 0 Å². The number of likely N-dealkylation sites (tertiary alicyclic amines) is 1. The van der Waals surface area contributed by atoms with Crippen molar-refractivity contribution in [2.45, 2.75) is 25.4 Å². The molecule has 1 aliphatic heterocycles. The Kier molecular flexibility index (Phi) is 6.00. The molecule has 3 rings (SSSR count). The number of pyridine rings is 1. The molecule has 1 unspecified atom stereocenters. The summed E-state index contributed by atoms with van der Waals surface area (Å²) in [5.41, 5.74) is 1.64. The lowest BCUT2D eigenvalue weighted by Gasteiger charge is -2.25. The summed E-state index contributed by atoms with van der Waals surface area (Å²) in [6.45, 7) is 3.41. The van der Waals surface area contributed by atoms with Gasteiger partial charge in [0.2, 0.25) is 5.91 Å². The van der Waals surface area contributed by atoms with Gasteiger partial charge in [-0.25, -0.2) is 0 Å². The van der Waals surface area contributed by atoms with E-state index in [9.17, 15) is 4.79 Å². The van der Waals surface area contributed by atoms with Crippen molar-refractivity contribution in [3.8, 4) is 11.3 Å². The highest BCUT2D eigenvalue weighted by molar-refractivity contribution is 5.76. The van der Waals surface area contributed by atoms with E-state index in [0.717, 1.165) is 30.9 Å². The van der Waals surface area contributed by atoms with E-state index < -0.39 is 0 Å². The Morgan fingerprint density at radius 1 is 1.42 bits per heavy atom. The van der Waals surface area contributed by atoms with Crippen LogP contribution in [0.5, 0.6) is 0 Å². The van der Waals surface area contributed by atoms with Gasteiger partial charge in [-0.1, -0.05) is 5.16 Å². The predicted octanol–water partition coefficient (Wildman–Crippen LogP) is 1.72. The molecule has 1 fully saturated rings. The molecule has 140 valence electrons. The van der Waals surface area contributed by atoms with E-state index >= 15 is 0 Å². The monoisotopic (exact) mass is 357 g/mol. The minimum absolute atomic E-state index is 0.113. The molecule has 0 radical (unpaired) electrons. The van der Waals surface area contributed by atoms with Crippen LogP contribution in [0.25, 0.3) is 11.3 Å². The molecule has 1 aliphatic rings. The van der Waals surface area contributed by atoms with Crippen LogP contribution < -0.4 is 0 Å². The molecule has 1 saturated heterocycles. The lowest BCUT2D eigenvalue weighted by atomic mass is 10.2. The molecule has 0 bridgehead atoms. The number of aromatic nitrogens is 2. The SMILES string of the molecule is CN1CCC(N(C)CCC(=O)N(C)Cc2cc(-c3cccnc3)no2)C1. The Morgan fingerprint density at radius 3 is 2.96 bits per heavy atom. The normalized spacial score (nSPS) is 17.8. The number of nitrogens with zero attached hydrogens (tertiary/aromatic N) is 5. The number of hydrogen-bond donors (Lipinski definition) is 0. The molecule has 0 spiro atoms. The zero-order valence-corrected chi connectivity index (χ0v) is 15.8. The highest BCUT2D eigenvalue weighted by atomic mass is 16.5. The molecular formula is C19H27N5O2. The predicted molar refractivity (Wildman–Crippen MR) is 99.4 cm³/mol. The van der Waals surface area contributed by atoms with Gasteiger partial charge in [0.1, 0.15) is 5.69 Å². The van der Waals surface area contributed by atoms with E-state index in [4.69, 9.17) is 4.52 Å². The Labute approximate surface area is 154 Å². The molecule has 7 heteroatoms. The molecule has 0 aromatic carbocycles. The molecule has 1 amide bonds. The van der Waals surface area contributed by atoms with E-state index in [1.54, 1.807) is 24.3 Å². The van der Waals surface area contributed by atoms with E-state index in [1.807, 2.05) is 18.2 Å². The highest BCUT2D eigenvalue weighted by Crippen LogP contribution is 2.18. The fourth-order valence-electron chi connectivity index (χ4n) is 3.28. The molecule has 0 N–H and O–H groups in total. The number of carbonyl (C=O) groups is 1. The van der Waals surface area contributed by atoms with Crippen molar-refractivity contribution >= 4 is 5.91 Å². The van der Waals surface area contributed by atoms with Gasteiger partial charge in [-0.15, -0.1) is 0 Å². The van der Waals surface area contributed by atoms with Crippen LogP contribution in [0.15, 0.2) is 35.1 Å². The molecule has 7 nitrogen and oxygen atoms in total. The quantitative estimate of drug-likeness (QED) is 0.752. The van der Waals surface area contributed by atoms with E-state index in [0.29, 0.717) is 24.8 Å². The summed E-state index contributed by atoms with van der Waals surface area (Å²) in [7, 11) is 6.05. The number of likely N-dealkylation sites (N-methyl/N-ethyl adjacent to an activating group) is 2. The van der Waals surface area contributed by atoms with Crippen molar-refractivity contribution in [2.24, 2.45) is 0 Å². The average Bonchev–Trinajstić information content (AvgIpc) is 3.29. The molecule has 0 saturated carbocycles. The lowest BCUT2D eigenvalue weighted by molar-refractivity contribution is -0.131. The van der Waals surface area contributed by atoms with Gasteiger partial charge in [0, 0.05) is 56.6 Å². The van der Waals surface area contributed by atoms with Crippen LogP contribution in [0.1, 0.15) is 18.6 Å². The molecule has 1 atom stereocenters. The third-order valence-electron chi connectivity index (χ3n) is 5.00. The molecule has 3 heterocycles. The summed E-state index contributed by atoms with van der Waals surface area (Å²) in [4.78, 5) is 22.8. The topological polar surface area (TPSA) is 65.7 Å². The summed E-state index contributed by atoms with van der Waals surface area (Å²) < 4.78 is 5.37. The molecule has 26 heavy (non-hydrogen) atoms. The summed E-state index contributed by atoms with van der Waals surface area (Å²) in [6, 6.07) is 6.20. The number of amides is 1. The van der Waals surface area contributed by atoms with E-state index in [1.165, 1.54) is 6.42 Å². The van der Waals surface area contributed by atoms with E-state index in [2.05, 4.69) is 34.0 Å². The Hall–Kier alpha value is -2.25. The maximum atomic E-state index is 12.4. The van der Waals surface area contributed by atoms with Gasteiger partial charge in [0.15, 0.2) is 5.76 Å². The zero-order chi connectivity index (χ0) is 18.5. The van der Waals surface area contributed by atoms with Gasteiger partial charge in [-0.05, 0) is 39.2 Å².